The van der Waals surface area contributed by atoms with Crippen molar-refractivity contribution in [1.82, 2.24) is 15.3 Å². The van der Waals surface area contributed by atoms with Crippen molar-refractivity contribution in [3.05, 3.63) is 11.4 Å². The molecule has 0 unspecified atom stereocenters. The van der Waals surface area contributed by atoms with Crippen molar-refractivity contribution in [2.45, 2.75) is 33.6 Å². The number of nitrogens with one attached hydrogen (secondary N) is 2. The molecule has 0 spiro atoms. The number of imide groups is 1. The number of hydrogen-bond acceptors (Lipinski definition) is 6. The number of aryl methyl sites for hydroxylation is 1. The van der Waals surface area contributed by atoms with Gasteiger partial charge in [-0.2, -0.15) is 0 Å². The zero-order chi connectivity index (χ0) is 15.4. The van der Waals surface area contributed by atoms with Gasteiger partial charge in [0.15, 0.2) is 0 Å². The Morgan fingerprint density at radius 2 is 1.86 bits per heavy atom. The molecule has 7 heteroatoms. The highest BCUT2D eigenvalue weighted by Crippen LogP contribution is 2.24. The van der Waals surface area contributed by atoms with Gasteiger partial charge in [0.2, 0.25) is 11.8 Å². The van der Waals surface area contributed by atoms with Crippen molar-refractivity contribution in [3.63, 3.8) is 0 Å². The summed E-state index contributed by atoms with van der Waals surface area (Å²) in [6.07, 6.45) is 1.70. The highest BCUT2D eigenvalue weighted by molar-refractivity contribution is 6.02. The molecule has 114 valence electrons. The number of hydrogen-bond donors (Lipinski definition) is 2. The smallest absolute Gasteiger partial charge is 0.246 e. The highest BCUT2D eigenvalue weighted by Gasteiger charge is 2.26. The summed E-state index contributed by atoms with van der Waals surface area (Å²) in [5.41, 5.74) is 0.860. The predicted molar refractivity (Wildman–Crippen MR) is 80.3 cm³/mol. The second-order valence-corrected chi connectivity index (χ2v) is 5.04. The van der Waals surface area contributed by atoms with Crippen LogP contribution in [0.25, 0.3) is 0 Å². The van der Waals surface area contributed by atoms with Crippen LogP contribution in [0, 0.1) is 6.92 Å². The zero-order valence-electron chi connectivity index (χ0n) is 12.7. The van der Waals surface area contributed by atoms with E-state index < -0.39 is 0 Å². The molecule has 0 bridgehead atoms. The average Bonchev–Trinajstić information content (AvgIpc) is 2.41. The number of carbonyl (C=O) groups excluding carboxylic acids is 2. The molecule has 0 radical (unpaired) electrons. The maximum Gasteiger partial charge on any atom is 0.246 e. The van der Waals surface area contributed by atoms with Crippen LogP contribution in [0.3, 0.4) is 0 Å². The molecule has 1 saturated heterocycles. The van der Waals surface area contributed by atoms with Gasteiger partial charge in [0.1, 0.15) is 17.5 Å². The topological polar surface area (TPSA) is 87.2 Å². The van der Waals surface area contributed by atoms with Crippen molar-refractivity contribution in [3.8, 4) is 0 Å². The van der Waals surface area contributed by atoms with Crippen LogP contribution in [-0.2, 0) is 16.0 Å². The SMILES string of the molecule is CCCc1nc(NCC)c(C)c(N2CC(=O)NC(=O)C2)n1. The monoisotopic (exact) mass is 291 g/mol. The zero-order valence-corrected chi connectivity index (χ0v) is 12.7. The Morgan fingerprint density at radius 3 is 2.43 bits per heavy atom. The summed E-state index contributed by atoms with van der Waals surface area (Å²) in [5.74, 6) is 1.56. The van der Waals surface area contributed by atoms with E-state index in [2.05, 4.69) is 27.5 Å². The number of amides is 2. The van der Waals surface area contributed by atoms with Gasteiger partial charge in [0.25, 0.3) is 0 Å². The second-order valence-electron chi connectivity index (χ2n) is 5.04. The van der Waals surface area contributed by atoms with Gasteiger partial charge < -0.3 is 10.2 Å². The average molecular weight is 291 g/mol. The lowest BCUT2D eigenvalue weighted by Crippen LogP contribution is -2.52. The van der Waals surface area contributed by atoms with Crippen molar-refractivity contribution in [1.29, 1.82) is 0 Å². The Kier molecular flexibility index (Phi) is 4.72. The van der Waals surface area contributed by atoms with E-state index in [-0.39, 0.29) is 24.9 Å². The van der Waals surface area contributed by atoms with Crippen molar-refractivity contribution in [2.75, 3.05) is 29.9 Å². The summed E-state index contributed by atoms with van der Waals surface area (Å²) in [7, 11) is 0. The molecule has 1 fully saturated rings. The van der Waals surface area contributed by atoms with E-state index in [0.717, 1.165) is 36.6 Å². The minimum absolute atomic E-state index is 0.140. The summed E-state index contributed by atoms with van der Waals surface area (Å²) >= 11 is 0. The van der Waals surface area contributed by atoms with Crippen LogP contribution in [0.5, 0.6) is 0 Å². The molecule has 0 aliphatic carbocycles. The van der Waals surface area contributed by atoms with Gasteiger partial charge in [0, 0.05) is 18.5 Å². The van der Waals surface area contributed by atoms with E-state index in [1.165, 1.54) is 0 Å². The quantitative estimate of drug-likeness (QED) is 0.774. The van der Waals surface area contributed by atoms with Gasteiger partial charge in [0.05, 0.1) is 13.1 Å². The summed E-state index contributed by atoms with van der Waals surface area (Å²) in [6.45, 7) is 7.00. The van der Waals surface area contributed by atoms with Gasteiger partial charge in [-0.1, -0.05) is 6.92 Å². The fraction of sp³-hybridized carbons (Fsp3) is 0.571. The van der Waals surface area contributed by atoms with Crippen molar-refractivity contribution in [2.24, 2.45) is 0 Å². The molecule has 1 aliphatic rings. The standard InChI is InChI=1S/C14H21N5O2/c1-4-6-10-16-13(15-5-2)9(3)14(17-10)19-7-11(20)18-12(21)8-19/h4-8H2,1-3H3,(H,15,16,17)(H,18,20,21). The fourth-order valence-electron chi connectivity index (χ4n) is 2.32. The van der Waals surface area contributed by atoms with Gasteiger partial charge in [-0.15, -0.1) is 0 Å². The summed E-state index contributed by atoms with van der Waals surface area (Å²) in [5, 5.41) is 5.51. The van der Waals surface area contributed by atoms with Crippen LogP contribution >= 0.6 is 0 Å². The molecule has 0 saturated carbocycles. The summed E-state index contributed by atoms with van der Waals surface area (Å²) in [4.78, 5) is 33.9. The number of rotatable bonds is 5. The first-order valence-corrected chi connectivity index (χ1v) is 7.24. The minimum Gasteiger partial charge on any atom is -0.370 e. The van der Waals surface area contributed by atoms with Gasteiger partial charge in [-0.05, 0) is 20.3 Å². The number of piperazine rings is 1. The maximum absolute atomic E-state index is 11.6. The lowest BCUT2D eigenvalue weighted by atomic mass is 10.2. The fourth-order valence-corrected chi connectivity index (χ4v) is 2.32. The Morgan fingerprint density at radius 1 is 1.19 bits per heavy atom. The van der Waals surface area contributed by atoms with Gasteiger partial charge in [-0.25, -0.2) is 9.97 Å². The molecule has 2 rings (SSSR count). The molecule has 0 atom stereocenters. The number of nitrogens with zero attached hydrogens (tertiary/aromatic N) is 3. The second kappa shape index (κ2) is 6.51. The van der Waals surface area contributed by atoms with Crippen LogP contribution in [0.15, 0.2) is 0 Å². The van der Waals surface area contributed by atoms with Gasteiger partial charge in [-0.3, -0.25) is 14.9 Å². The Labute approximate surface area is 124 Å². The molecule has 21 heavy (non-hydrogen) atoms. The van der Waals surface area contributed by atoms with Crippen LogP contribution in [-0.4, -0.2) is 41.4 Å². The molecule has 7 nitrogen and oxygen atoms in total. The molecule has 2 heterocycles. The first-order valence-electron chi connectivity index (χ1n) is 7.24. The first kappa shape index (κ1) is 15.2. The molecular formula is C14H21N5O2. The first-order chi connectivity index (χ1) is 10.0. The third kappa shape index (κ3) is 3.48. The minimum atomic E-state index is -0.300. The molecular weight excluding hydrogens is 270 g/mol. The summed E-state index contributed by atoms with van der Waals surface area (Å²) < 4.78 is 0. The van der Waals surface area contributed by atoms with Gasteiger partial charge >= 0.3 is 0 Å². The Hall–Kier alpha value is -2.18. The van der Waals surface area contributed by atoms with Crippen molar-refractivity contribution < 1.29 is 9.59 Å². The molecule has 1 aromatic rings. The third-order valence-corrected chi connectivity index (χ3v) is 3.23. The predicted octanol–water partition coefficient (Wildman–Crippen LogP) is 0.632. The maximum atomic E-state index is 11.6. The molecule has 1 aliphatic heterocycles. The Bertz CT molecular complexity index is 543. The van der Waals surface area contributed by atoms with E-state index in [4.69, 9.17) is 0 Å². The normalized spacial score (nSPS) is 15.1. The molecule has 2 N–H and O–H groups in total. The molecule has 1 aromatic heterocycles. The highest BCUT2D eigenvalue weighted by atomic mass is 16.2. The largest absolute Gasteiger partial charge is 0.370 e. The lowest BCUT2D eigenvalue weighted by Gasteiger charge is -2.28. The Balaban J connectivity index is 2.40. The number of carbonyl (C=O) groups is 2. The van der Waals surface area contributed by atoms with E-state index >= 15 is 0 Å². The van der Waals surface area contributed by atoms with Crippen LogP contribution < -0.4 is 15.5 Å². The van der Waals surface area contributed by atoms with E-state index in [1.807, 2.05) is 13.8 Å². The van der Waals surface area contributed by atoms with E-state index in [1.54, 1.807) is 4.90 Å². The number of anilines is 2. The van der Waals surface area contributed by atoms with E-state index in [9.17, 15) is 9.59 Å². The number of aromatic nitrogens is 2. The summed E-state index contributed by atoms with van der Waals surface area (Å²) in [6, 6.07) is 0. The van der Waals surface area contributed by atoms with Crippen LogP contribution in [0.4, 0.5) is 11.6 Å². The molecule has 0 aromatic carbocycles. The third-order valence-electron chi connectivity index (χ3n) is 3.23. The lowest BCUT2D eigenvalue weighted by molar-refractivity contribution is -0.130. The van der Waals surface area contributed by atoms with Crippen LogP contribution in [0.2, 0.25) is 0 Å². The van der Waals surface area contributed by atoms with Crippen LogP contribution in [0.1, 0.15) is 31.7 Å². The van der Waals surface area contributed by atoms with E-state index in [0.29, 0.717) is 5.82 Å². The molecule has 2 amide bonds. The van der Waals surface area contributed by atoms with Crippen molar-refractivity contribution >= 4 is 23.5 Å².